The molecule has 2 amide bonds. The molecular formula is C31H36N2O7. The predicted molar refractivity (Wildman–Crippen MR) is 149 cm³/mol. The van der Waals surface area contributed by atoms with Crippen LogP contribution in [0.15, 0.2) is 66.8 Å². The normalized spacial score (nSPS) is 20.8. The van der Waals surface area contributed by atoms with Crippen molar-refractivity contribution in [1.29, 1.82) is 0 Å². The van der Waals surface area contributed by atoms with Crippen LogP contribution in [0, 0.1) is 0 Å². The van der Waals surface area contributed by atoms with Crippen molar-refractivity contribution >= 4 is 18.1 Å². The Bertz CT molecular complexity index is 1260. The lowest BCUT2D eigenvalue weighted by molar-refractivity contribution is -0.138. The van der Waals surface area contributed by atoms with E-state index in [0.717, 1.165) is 18.4 Å². The summed E-state index contributed by atoms with van der Waals surface area (Å²) in [5, 5.41) is 23.7. The Morgan fingerprint density at radius 2 is 1.98 bits per heavy atom. The molecule has 4 rings (SSSR count). The maximum atomic E-state index is 13.6. The van der Waals surface area contributed by atoms with Crippen LogP contribution in [-0.2, 0) is 16.1 Å². The minimum absolute atomic E-state index is 0.0299. The molecule has 0 bridgehead atoms. The monoisotopic (exact) mass is 548 g/mol. The van der Waals surface area contributed by atoms with Gasteiger partial charge in [-0.1, -0.05) is 36.4 Å². The van der Waals surface area contributed by atoms with Crippen molar-refractivity contribution in [3.05, 3.63) is 83.5 Å². The Morgan fingerprint density at radius 3 is 2.65 bits per heavy atom. The van der Waals surface area contributed by atoms with Crippen molar-refractivity contribution in [3.63, 3.8) is 0 Å². The Kier molecular flexibility index (Phi) is 9.74. The number of amides is 2. The fourth-order valence-electron chi connectivity index (χ4n) is 5.41. The minimum atomic E-state index is -1.18. The highest BCUT2D eigenvalue weighted by Crippen LogP contribution is 2.51. The molecular weight excluding hydrogens is 512 g/mol. The van der Waals surface area contributed by atoms with E-state index in [4.69, 9.17) is 9.47 Å². The maximum Gasteiger partial charge on any atom is 0.247 e. The first kappa shape index (κ1) is 29.0. The average molecular weight is 549 g/mol. The molecule has 3 N–H and O–H groups in total. The molecule has 2 aliphatic rings. The van der Waals surface area contributed by atoms with Gasteiger partial charge in [-0.15, -0.1) is 6.58 Å². The van der Waals surface area contributed by atoms with Crippen molar-refractivity contribution < 1.29 is 34.1 Å². The van der Waals surface area contributed by atoms with Crippen LogP contribution < -0.4 is 14.8 Å². The highest BCUT2D eigenvalue weighted by molar-refractivity contribution is 5.96. The molecule has 2 aromatic carbocycles. The maximum absolute atomic E-state index is 13.6. The smallest absolute Gasteiger partial charge is 0.247 e. The zero-order valence-corrected chi connectivity index (χ0v) is 22.6. The van der Waals surface area contributed by atoms with E-state index in [1.807, 2.05) is 36.4 Å². The van der Waals surface area contributed by atoms with Gasteiger partial charge in [0.05, 0.1) is 25.7 Å². The number of aliphatic hydroxyl groups is 2. The van der Waals surface area contributed by atoms with Crippen LogP contribution >= 0.6 is 0 Å². The fourth-order valence-corrected chi connectivity index (χ4v) is 5.41. The van der Waals surface area contributed by atoms with Gasteiger partial charge in [0.25, 0.3) is 0 Å². The number of rotatable bonds is 13. The van der Waals surface area contributed by atoms with Crippen LogP contribution in [0.5, 0.6) is 11.5 Å². The highest BCUT2D eigenvalue weighted by Gasteiger charge is 2.51. The third-order valence-electron chi connectivity index (χ3n) is 7.34. The molecule has 4 atom stereocenters. The van der Waals surface area contributed by atoms with Crippen molar-refractivity contribution in [3.8, 4) is 11.5 Å². The van der Waals surface area contributed by atoms with Gasteiger partial charge in [0.15, 0.2) is 11.5 Å². The van der Waals surface area contributed by atoms with E-state index in [1.165, 1.54) is 13.2 Å². The second-order valence-electron chi connectivity index (χ2n) is 9.94. The van der Waals surface area contributed by atoms with Gasteiger partial charge in [-0.2, -0.15) is 0 Å². The number of hydrogen-bond acceptors (Lipinski definition) is 7. The summed E-state index contributed by atoms with van der Waals surface area (Å²) in [5.41, 5.74) is 2.05. The molecule has 0 saturated heterocycles. The molecule has 212 valence electrons. The van der Waals surface area contributed by atoms with Crippen LogP contribution in [0.1, 0.15) is 53.1 Å². The molecule has 0 spiro atoms. The number of carbonyl (C=O) groups is 3. The molecule has 9 nitrogen and oxygen atoms in total. The highest BCUT2D eigenvalue weighted by atomic mass is 16.5. The number of hydrogen-bond donors (Lipinski definition) is 3. The summed E-state index contributed by atoms with van der Waals surface area (Å²) in [6.45, 7) is 3.75. The van der Waals surface area contributed by atoms with Crippen molar-refractivity contribution in [1.82, 2.24) is 10.2 Å². The molecule has 9 heteroatoms. The van der Waals surface area contributed by atoms with E-state index in [1.54, 1.807) is 17.0 Å². The number of nitrogens with one attached hydrogen (secondary N) is 1. The molecule has 0 aromatic heterocycles. The van der Waals surface area contributed by atoms with Crippen molar-refractivity contribution in [2.45, 2.75) is 56.4 Å². The summed E-state index contributed by atoms with van der Waals surface area (Å²) >= 11 is 0. The number of carbonyl (C=O) groups excluding carboxylic acids is 3. The fraction of sp³-hybridized carbons (Fsp3) is 0.387. The van der Waals surface area contributed by atoms with Gasteiger partial charge in [-0.05, 0) is 43.0 Å². The molecule has 1 aliphatic carbocycles. The number of ether oxygens (including phenoxy) is 2. The number of fused-ring (bicyclic) bond motifs is 3. The lowest BCUT2D eigenvalue weighted by Crippen LogP contribution is -2.55. The summed E-state index contributed by atoms with van der Waals surface area (Å²) in [6, 6.07) is 11.8. The topological polar surface area (TPSA) is 125 Å². The lowest BCUT2D eigenvalue weighted by atomic mass is 9.77. The largest absolute Gasteiger partial charge is 0.493 e. The average Bonchev–Trinajstić information content (AvgIpc) is 3.37. The summed E-state index contributed by atoms with van der Waals surface area (Å²) in [6.07, 6.45) is 4.57. The quantitative estimate of drug-likeness (QED) is 0.200. The third-order valence-corrected chi connectivity index (χ3v) is 7.34. The zero-order valence-electron chi connectivity index (χ0n) is 22.6. The number of unbranched alkanes of at least 4 members (excludes halogenated alkanes) is 2. The number of methoxy groups -OCH3 is 1. The standard InChI is InChI=1S/C31H36N2O7/c1-3-4-5-9-12-26(36)33(18-20-10-7-6-8-11-20)24-17-23(31(38)32-13-14-34)27-22-15-21(19-35)16-25(39-2)29(22)40-30(27)28(24)37/h3,6-8,10-11,15-17,19,24,27-28,30,34,37H,1,4-5,9,12-14,18H2,2H3,(H,32,38). The van der Waals surface area contributed by atoms with Gasteiger partial charge in [0.1, 0.15) is 18.5 Å². The molecule has 40 heavy (non-hydrogen) atoms. The van der Waals surface area contributed by atoms with Gasteiger partial charge in [0, 0.05) is 36.2 Å². The second kappa shape index (κ2) is 13.4. The first-order valence-electron chi connectivity index (χ1n) is 13.5. The Balaban J connectivity index is 1.77. The molecule has 2 aromatic rings. The number of aldehydes is 1. The molecule has 0 fully saturated rings. The minimum Gasteiger partial charge on any atom is -0.493 e. The van der Waals surface area contributed by atoms with E-state index >= 15 is 0 Å². The van der Waals surface area contributed by atoms with Crippen LogP contribution in [0.4, 0.5) is 0 Å². The van der Waals surface area contributed by atoms with Crippen LogP contribution in [0.2, 0.25) is 0 Å². The second-order valence-corrected chi connectivity index (χ2v) is 9.94. The van der Waals surface area contributed by atoms with Gasteiger partial charge >= 0.3 is 0 Å². The zero-order chi connectivity index (χ0) is 28.6. The van der Waals surface area contributed by atoms with Crippen LogP contribution in [0.25, 0.3) is 0 Å². The first-order chi connectivity index (χ1) is 19.4. The van der Waals surface area contributed by atoms with Gasteiger partial charge in [-0.25, -0.2) is 0 Å². The lowest BCUT2D eigenvalue weighted by Gasteiger charge is -2.41. The predicted octanol–water partition coefficient (Wildman–Crippen LogP) is 2.91. The Hall–Kier alpha value is -3.95. The summed E-state index contributed by atoms with van der Waals surface area (Å²) in [7, 11) is 1.45. The molecule has 4 unspecified atom stereocenters. The molecule has 0 saturated carbocycles. The molecule has 0 radical (unpaired) electrons. The van der Waals surface area contributed by atoms with E-state index < -0.39 is 30.1 Å². The van der Waals surface area contributed by atoms with Gasteiger partial charge in [-0.3, -0.25) is 14.4 Å². The Labute approximate surface area is 234 Å². The summed E-state index contributed by atoms with van der Waals surface area (Å²) in [4.78, 5) is 40.3. The first-order valence-corrected chi connectivity index (χ1v) is 13.5. The van der Waals surface area contributed by atoms with E-state index in [2.05, 4.69) is 11.9 Å². The van der Waals surface area contributed by atoms with E-state index in [0.29, 0.717) is 35.3 Å². The SMILES string of the molecule is C=CCCCCC(=O)N(Cc1ccccc1)C1C=C(C(=O)NCCO)C2c3cc(C=O)cc(OC)c3OC2C1O. The Morgan fingerprint density at radius 1 is 1.20 bits per heavy atom. The summed E-state index contributed by atoms with van der Waals surface area (Å²) < 4.78 is 11.7. The summed E-state index contributed by atoms with van der Waals surface area (Å²) in [5.74, 6) is -0.666. The molecule has 1 aliphatic heterocycles. The molecule has 1 heterocycles. The van der Waals surface area contributed by atoms with Crippen LogP contribution in [0.3, 0.4) is 0 Å². The van der Waals surface area contributed by atoms with E-state index in [9.17, 15) is 24.6 Å². The van der Waals surface area contributed by atoms with E-state index in [-0.39, 0.29) is 37.6 Å². The van der Waals surface area contributed by atoms with Crippen molar-refractivity contribution in [2.75, 3.05) is 20.3 Å². The number of allylic oxidation sites excluding steroid dienone is 1. The third kappa shape index (κ3) is 6.11. The number of nitrogens with zero attached hydrogens (tertiary/aromatic N) is 1. The van der Waals surface area contributed by atoms with Crippen LogP contribution in [-0.4, -0.2) is 71.7 Å². The van der Waals surface area contributed by atoms with Gasteiger partial charge in [0.2, 0.25) is 11.8 Å². The van der Waals surface area contributed by atoms with Gasteiger partial charge < -0.3 is 29.9 Å². The number of benzene rings is 2. The van der Waals surface area contributed by atoms with Crippen molar-refractivity contribution in [2.24, 2.45) is 0 Å². The number of aliphatic hydroxyl groups excluding tert-OH is 2.